The number of rotatable bonds is 4. The van der Waals surface area contributed by atoms with Crippen LogP contribution in [0.3, 0.4) is 0 Å². The summed E-state index contributed by atoms with van der Waals surface area (Å²) in [6, 6.07) is 9.63. The molecule has 2 aromatic rings. The van der Waals surface area contributed by atoms with Gasteiger partial charge < -0.3 is 0 Å². The lowest BCUT2D eigenvalue weighted by atomic mass is 9.98. The van der Waals surface area contributed by atoms with Gasteiger partial charge in [-0.25, -0.2) is 0 Å². The molecule has 0 fully saturated rings. The van der Waals surface area contributed by atoms with Crippen LogP contribution in [0, 0.1) is 27.2 Å². The van der Waals surface area contributed by atoms with E-state index in [0.29, 0.717) is 15.6 Å². The number of aryl methyl sites for hydroxylation is 1. The monoisotopic (exact) mass is 350 g/mol. The highest BCUT2D eigenvalue weighted by molar-refractivity contribution is 9.10. The maximum atomic E-state index is 11.2. The van der Waals surface area contributed by atoms with Crippen molar-refractivity contribution in [2.24, 2.45) is 0 Å². The van der Waals surface area contributed by atoms with Crippen LogP contribution >= 0.6 is 15.9 Å². The van der Waals surface area contributed by atoms with Crippen molar-refractivity contribution >= 4 is 27.3 Å². The van der Waals surface area contributed by atoms with E-state index >= 15 is 0 Å². The molecular formula is C14H11BrN2O4. The summed E-state index contributed by atoms with van der Waals surface area (Å²) in [5.74, 6) is 0. The number of nitrogens with zero attached hydrogens (tertiary/aromatic N) is 2. The minimum Gasteiger partial charge on any atom is -0.258 e. The van der Waals surface area contributed by atoms with E-state index in [9.17, 15) is 20.2 Å². The third-order valence-corrected chi connectivity index (χ3v) is 3.84. The first kappa shape index (κ1) is 15.1. The predicted molar refractivity (Wildman–Crippen MR) is 81.4 cm³/mol. The van der Waals surface area contributed by atoms with Gasteiger partial charge in [-0.15, -0.1) is 0 Å². The number of para-hydroxylation sites is 1. The smallest absolute Gasteiger partial charge is 0.258 e. The Hall–Kier alpha value is -2.28. The van der Waals surface area contributed by atoms with Crippen molar-refractivity contribution in [3.05, 3.63) is 77.8 Å². The summed E-state index contributed by atoms with van der Waals surface area (Å²) >= 11 is 3.15. The molecule has 0 saturated heterocycles. The molecule has 0 aliphatic heterocycles. The van der Waals surface area contributed by atoms with Crippen molar-refractivity contribution in [1.29, 1.82) is 0 Å². The zero-order valence-electron chi connectivity index (χ0n) is 11.1. The Kier molecular flexibility index (Phi) is 4.32. The standard InChI is InChI=1S/C14H11BrN2O4/c1-9-4-2-7-13(16(18)19)11(9)8-10-5-3-6-12(15)14(10)17(20)21/h2-7H,8H2,1H3. The van der Waals surface area contributed by atoms with Crippen molar-refractivity contribution < 1.29 is 9.85 Å². The fourth-order valence-electron chi connectivity index (χ4n) is 2.19. The van der Waals surface area contributed by atoms with Crippen LogP contribution in [-0.2, 0) is 6.42 Å². The fraction of sp³-hybridized carbons (Fsp3) is 0.143. The van der Waals surface area contributed by atoms with Gasteiger partial charge in [0.25, 0.3) is 11.4 Å². The van der Waals surface area contributed by atoms with Gasteiger partial charge in [0, 0.05) is 23.6 Å². The molecule has 21 heavy (non-hydrogen) atoms. The molecular weight excluding hydrogens is 340 g/mol. The summed E-state index contributed by atoms with van der Waals surface area (Å²) in [7, 11) is 0. The number of hydrogen-bond acceptors (Lipinski definition) is 4. The van der Waals surface area contributed by atoms with Crippen molar-refractivity contribution in [2.75, 3.05) is 0 Å². The molecule has 2 rings (SSSR count). The Bertz CT molecular complexity index is 731. The average Bonchev–Trinajstić information content (AvgIpc) is 2.40. The fourth-order valence-corrected chi connectivity index (χ4v) is 2.74. The minimum absolute atomic E-state index is 0.0238. The highest BCUT2D eigenvalue weighted by atomic mass is 79.9. The molecule has 7 heteroatoms. The molecule has 108 valence electrons. The molecule has 0 spiro atoms. The lowest BCUT2D eigenvalue weighted by Gasteiger charge is -2.08. The molecule has 0 aromatic heterocycles. The Morgan fingerprint density at radius 3 is 2.33 bits per heavy atom. The number of nitro benzene ring substituents is 2. The number of nitro groups is 2. The predicted octanol–water partition coefficient (Wildman–Crippen LogP) is 4.16. The van der Waals surface area contributed by atoms with Crippen LogP contribution in [0.5, 0.6) is 0 Å². The first-order chi connectivity index (χ1) is 9.91. The quantitative estimate of drug-likeness (QED) is 0.611. The maximum absolute atomic E-state index is 11.2. The van der Waals surface area contributed by atoms with Gasteiger partial charge >= 0.3 is 0 Å². The Labute approximate surface area is 128 Å². The molecule has 0 saturated carbocycles. The average molecular weight is 351 g/mol. The number of benzene rings is 2. The Morgan fingerprint density at radius 2 is 1.71 bits per heavy atom. The molecule has 6 nitrogen and oxygen atoms in total. The maximum Gasteiger partial charge on any atom is 0.286 e. The molecule has 0 atom stereocenters. The molecule has 0 bridgehead atoms. The van der Waals surface area contributed by atoms with Crippen molar-refractivity contribution in [3.8, 4) is 0 Å². The SMILES string of the molecule is Cc1cccc([N+](=O)[O-])c1Cc1cccc(Br)c1[N+](=O)[O-]. The summed E-state index contributed by atoms with van der Waals surface area (Å²) in [6.45, 7) is 1.76. The van der Waals surface area contributed by atoms with Crippen LogP contribution in [0.1, 0.15) is 16.7 Å². The van der Waals surface area contributed by atoms with Gasteiger partial charge in [-0.3, -0.25) is 20.2 Å². The van der Waals surface area contributed by atoms with E-state index in [1.807, 2.05) is 0 Å². The molecule has 2 aromatic carbocycles. The van der Waals surface area contributed by atoms with E-state index in [4.69, 9.17) is 0 Å². The minimum atomic E-state index is -0.483. The zero-order valence-corrected chi connectivity index (χ0v) is 12.7. The van der Waals surface area contributed by atoms with Gasteiger partial charge in [-0.2, -0.15) is 0 Å². The van der Waals surface area contributed by atoms with E-state index in [0.717, 1.165) is 5.56 Å². The van der Waals surface area contributed by atoms with E-state index in [-0.39, 0.29) is 17.8 Å². The van der Waals surface area contributed by atoms with Crippen molar-refractivity contribution in [3.63, 3.8) is 0 Å². The van der Waals surface area contributed by atoms with Crippen molar-refractivity contribution in [1.82, 2.24) is 0 Å². The van der Waals surface area contributed by atoms with Gasteiger partial charge in [0.15, 0.2) is 0 Å². The molecule has 0 unspecified atom stereocenters. The van der Waals surface area contributed by atoms with Gasteiger partial charge in [0.2, 0.25) is 0 Å². The number of halogens is 1. The van der Waals surface area contributed by atoms with E-state index in [1.54, 1.807) is 37.3 Å². The van der Waals surface area contributed by atoms with Crippen molar-refractivity contribution in [2.45, 2.75) is 13.3 Å². The van der Waals surface area contributed by atoms with Crippen LogP contribution in [0.4, 0.5) is 11.4 Å². The summed E-state index contributed by atoms with van der Waals surface area (Å²) < 4.78 is 0.362. The Balaban J connectivity index is 2.56. The summed E-state index contributed by atoms with van der Waals surface area (Å²) in [4.78, 5) is 21.3. The van der Waals surface area contributed by atoms with E-state index in [1.165, 1.54) is 6.07 Å². The normalized spacial score (nSPS) is 10.4. The molecule has 0 amide bonds. The third kappa shape index (κ3) is 3.08. The van der Waals surface area contributed by atoms with Gasteiger partial charge in [-0.05, 0) is 34.5 Å². The summed E-state index contributed by atoms with van der Waals surface area (Å²) in [6.07, 6.45) is 0.138. The van der Waals surface area contributed by atoms with Crippen LogP contribution in [0.25, 0.3) is 0 Å². The first-order valence-electron chi connectivity index (χ1n) is 6.06. The van der Waals surface area contributed by atoms with E-state index < -0.39 is 9.85 Å². The number of hydrogen-bond donors (Lipinski definition) is 0. The van der Waals surface area contributed by atoms with Crippen LogP contribution in [0.15, 0.2) is 40.9 Å². The molecule has 0 N–H and O–H groups in total. The second-order valence-corrected chi connectivity index (χ2v) is 5.37. The van der Waals surface area contributed by atoms with Crippen LogP contribution in [0.2, 0.25) is 0 Å². The zero-order chi connectivity index (χ0) is 15.6. The molecule has 0 radical (unpaired) electrons. The summed E-state index contributed by atoms with van der Waals surface area (Å²) in [5, 5.41) is 22.3. The summed E-state index contributed by atoms with van der Waals surface area (Å²) in [5.41, 5.74) is 1.58. The third-order valence-electron chi connectivity index (χ3n) is 3.20. The molecule has 0 heterocycles. The second kappa shape index (κ2) is 6.01. The van der Waals surface area contributed by atoms with E-state index in [2.05, 4.69) is 15.9 Å². The lowest BCUT2D eigenvalue weighted by Crippen LogP contribution is -2.02. The topological polar surface area (TPSA) is 86.3 Å². The Morgan fingerprint density at radius 1 is 1.05 bits per heavy atom. The molecule has 0 aliphatic rings. The highest BCUT2D eigenvalue weighted by Crippen LogP contribution is 2.33. The molecule has 0 aliphatic carbocycles. The van der Waals surface area contributed by atoms with Gasteiger partial charge in [-0.1, -0.05) is 24.3 Å². The van der Waals surface area contributed by atoms with Crippen LogP contribution < -0.4 is 0 Å². The largest absolute Gasteiger partial charge is 0.286 e. The highest BCUT2D eigenvalue weighted by Gasteiger charge is 2.22. The van der Waals surface area contributed by atoms with Gasteiger partial charge in [0.05, 0.1) is 14.3 Å². The van der Waals surface area contributed by atoms with Crippen LogP contribution in [-0.4, -0.2) is 9.85 Å². The lowest BCUT2D eigenvalue weighted by molar-refractivity contribution is -0.387. The van der Waals surface area contributed by atoms with Gasteiger partial charge in [0.1, 0.15) is 0 Å². The second-order valence-electron chi connectivity index (χ2n) is 4.51. The first-order valence-corrected chi connectivity index (χ1v) is 6.85.